The summed E-state index contributed by atoms with van der Waals surface area (Å²) in [6, 6.07) is 3.36. The molecule has 0 amide bonds. The Kier molecular flexibility index (Phi) is 8.69. The Hall–Kier alpha value is -0.133. The van der Waals surface area contributed by atoms with Crippen LogP contribution in [-0.2, 0) is 9.16 Å². The van der Waals surface area contributed by atoms with Crippen LogP contribution >= 0.6 is 23.2 Å². The molecule has 0 aromatic carbocycles. The van der Waals surface area contributed by atoms with Crippen molar-refractivity contribution >= 4 is 31.5 Å². The fourth-order valence-electron chi connectivity index (χ4n) is 3.72. The van der Waals surface area contributed by atoms with Gasteiger partial charge in [0.1, 0.15) is 0 Å². The van der Waals surface area contributed by atoms with E-state index in [1.165, 1.54) is 0 Å². The van der Waals surface area contributed by atoms with Gasteiger partial charge >= 0.3 is 0 Å². The van der Waals surface area contributed by atoms with Crippen molar-refractivity contribution in [2.75, 3.05) is 13.2 Å². The average Bonchev–Trinajstić information content (AvgIpc) is 2.64. The molecule has 1 aliphatic heterocycles. The van der Waals surface area contributed by atoms with Gasteiger partial charge in [-0.1, -0.05) is 44.0 Å². The minimum atomic E-state index is -1.76. The van der Waals surface area contributed by atoms with Crippen LogP contribution in [0.5, 0.6) is 0 Å². The van der Waals surface area contributed by atoms with E-state index in [0.717, 1.165) is 62.6 Å². The number of hydrogen-bond donors (Lipinski definition) is 0. The highest BCUT2D eigenvalue weighted by atomic mass is 35.5. The quantitative estimate of drug-likeness (QED) is 0.431. The van der Waals surface area contributed by atoms with Crippen LogP contribution in [0.4, 0.5) is 0 Å². The predicted octanol–water partition coefficient (Wildman–Crippen LogP) is 6.66. The lowest BCUT2D eigenvalue weighted by atomic mass is 9.92. The second-order valence-corrected chi connectivity index (χ2v) is 12.5. The number of ether oxygens (including phenoxy) is 1. The van der Waals surface area contributed by atoms with Crippen molar-refractivity contribution in [2.45, 2.75) is 70.7 Å². The van der Waals surface area contributed by atoms with Crippen LogP contribution in [0, 0.1) is 5.92 Å². The Morgan fingerprint density at radius 3 is 2.20 bits per heavy atom. The lowest BCUT2D eigenvalue weighted by molar-refractivity contribution is 0.0578. The van der Waals surface area contributed by atoms with Gasteiger partial charge in [-0.25, -0.2) is 0 Å². The zero-order chi connectivity index (χ0) is 18.3. The monoisotopic (exact) mass is 403 g/mol. The zero-order valence-corrected chi connectivity index (χ0v) is 18.2. The first-order chi connectivity index (χ1) is 12.0. The van der Waals surface area contributed by atoms with E-state index in [2.05, 4.69) is 25.8 Å². The van der Waals surface area contributed by atoms with Crippen molar-refractivity contribution in [3.63, 3.8) is 0 Å². The van der Waals surface area contributed by atoms with E-state index in [4.69, 9.17) is 32.4 Å². The molecule has 0 aliphatic carbocycles. The van der Waals surface area contributed by atoms with E-state index in [1.807, 2.05) is 0 Å². The van der Waals surface area contributed by atoms with Crippen molar-refractivity contribution in [1.82, 2.24) is 4.98 Å². The largest absolute Gasteiger partial charge is 0.410 e. The number of hydrogen-bond acceptors (Lipinski definition) is 3. The molecule has 1 aliphatic rings. The second kappa shape index (κ2) is 10.3. The molecule has 0 N–H and O–H groups in total. The average molecular weight is 404 g/mol. The molecule has 6 heteroatoms. The summed E-state index contributed by atoms with van der Waals surface area (Å²) in [5.41, 5.74) is 0.928. The predicted molar refractivity (Wildman–Crippen MR) is 108 cm³/mol. The molecule has 142 valence electrons. The Morgan fingerprint density at radius 1 is 1.12 bits per heavy atom. The van der Waals surface area contributed by atoms with Gasteiger partial charge in [0.2, 0.25) is 0 Å². The summed E-state index contributed by atoms with van der Waals surface area (Å²) in [6.07, 6.45) is 7.71. The van der Waals surface area contributed by atoms with Gasteiger partial charge < -0.3 is 9.16 Å². The van der Waals surface area contributed by atoms with Gasteiger partial charge in [0.25, 0.3) is 0 Å². The molecule has 0 radical (unpaired) electrons. The van der Waals surface area contributed by atoms with Crippen molar-refractivity contribution in [3.8, 4) is 0 Å². The SMILES string of the molecule is CC[Si](CC)(CC)OC(CCC1CCOCC1)c1c(Cl)cncc1Cl. The Bertz CT molecular complexity index is 506. The normalized spacial score (nSPS) is 17.6. The molecular formula is C19H31Cl2NO2Si. The van der Waals surface area contributed by atoms with Crippen LogP contribution in [0.1, 0.15) is 58.1 Å². The van der Waals surface area contributed by atoms with Crippen molar-refractivity contribution in [1.29, 1.82) is 0 Å². The number of aromatic nitrogens is 1. The summed E-state index contributed by atoms with van der Waals surface area (Å²) in [7, 11) is -1.76. The van der Waals surface area contributed by atoms with E-state index in [9.17, 15) is 0 Å². The third-order valence-corrected chi connectivity index (χ3v) is 11.0. The molecule has 2 rings (SSSR count). The van der Waals surface area contributed by atoms with Gasteiger partial charge in [0, 0.05) is 31.2 Å². The van der Waals surface area contributed by atoms with Gasteiger partial charge in [0.15, 0.2) is 8.32 Å². The maximum atomic E-state index is 6.84. The molecule has 1 saturated heterocycles. The van der Waals surface area contributed by atoms with Crippen molar-refractivity contribution in [2.24, 2.45) is 5.92 Å². The molecule has 1 unspecified atom stereocenters. The summed E-state index contributed by atoms with van der Waals surface area (Å²) < 4.78 is 12.3. The summed E-state index contributed by atoms with van der Waals surface area (Å²) in [6.45, 7) is 8.52. The van der Waals surface area contributed by atoms with Gasteiger partial charge in [-0.15, -0.1) is 0 Å². The summed E-state index contributed by atoms with van der Waals surface area (Å²) in [5, 5.41) is 1.24. The fraction of sp³-hybridized carbons (Fsp3) is 0.737. The third-order valence-electron chi connectivity index (χ3n) is 5.72. The molecule has 1 aromatic rings. The number of halogens is 2. The molecule has 25 heavy (non-hydrogen) atoms. The lowest BCUT2D eigenvalue weighted by Crippen LogP contribution is -2.37. The van der Waals surface area contributed by atoms with E-state index in [0.29, 0.717) is 16.0 Å². The Morgan fingerprint density at radius 2 is 1.68 bits per heavy atom. The van der Waals surface area contributed by atoms with E-state index in [1.54, 1.807) is 12.4 Å². The zero-order valence-electron chi connectivity index (χ0n) is 15.7. The van der Waals surface area contributed by atoms with Crippen LogP contribution in [-0.4, -0.2) is 26.5 Å². The van der Waals surface area contributed by atoms with E-state index >= 15 is 0 Å². The number of rotatable bonds is 9. The lowest BCUT2D eigenvalue weighted by Gasteiger charge is -2.35. The first-order valence-electron chi connectivity index (χ1n) is 9.59. The summed E-state index contributed by atoms with van der Waals surface area (Å²) in [5.74, 6) is 0.709. The van der Waals surface area contributed by atoms with Crippen LogP contribution in [0.15, 0.2) is 12.4 Å². The Labute approximate surface area is 163 Å². The third kappa shape index (κ3) is 5.67. The second-order valence-electron chi connectivity index (χ2n) is 7.00. The van der Waals surface area contributed by atoms with Crippen molar-refractivity contribution in [3.05, 3.63) is 28.0 Å². The highest BCUT2D eigenvalue weighted by Gasteiger charge is 2.34. The molecule has 1 atom stereocenters. The van der Waals surface area contributed by atoms with Gasteiger partial charge in [-0.05, 0) is 49.7 Å². The standard InChI is InChI=1S/C19H31Cl2NO2Si/c1-4-25(5-2,6-3)24-18(8-7-15-9-11-23-12-10-15)19-16(20)13-22-14-17(19)21/h13-15,18H,4-12H2,1-3H3. The Balaban J connectivity index is 2.21. The smallest absolute Gasteiger partial charge is 0.192 e. The van der Waals surface area contributed by atoms with Crippen LogP contribution in [0.25, 0.3) is 0 Å². The topological polar surface area (TPSA) is 31.4 Å². The molecule has 1 aromatic heterocycles. The number of pyridine rings is 1. The van der Waals surface area contributed by atoms with Crippen LogP contribution < -0.4 is 0 Å². The minimum Gasteiger partial charge on any atom is -0.410 e. The highest BCUT2D eigenvalue weighted by Crippen LogP contribution is 2.39. The number of nitrogens with zero attached hydrogens (tertiary/aromatic N) is 1. The first-order valence-corrected chi connectivity index (χ1v) is 12.9. The molecular weight excluding hydrogens is 373 g/mol. The maximum absolute atomic E-state index is 6.84. The van der Waals surface area contributed by atoms with Gasteiger partial charge in [0.05, 0.1) is 16.1 Å². The maximum Gasteiger partial charge on any atom is 0.192 e. The van der Waals surface area contributed by atoms with E-state index in [-0.39, 0.29) is 6.10 Å². The minimum absolute atomic E-state index is 0.0302. The van der Waals surface area contributed by atoms with Gasteiger partial charge in [-0.2, -0.15) is 0 Å². The van der Waals surface area contributed by atoms with Crippen LogP contribution in [0.3, 0.4) is 0 Å². The van der Waals surface area contributed by atoms with E-state index < -0.39 is 8.32 Å². The molecule has 0 spiro atoms. The van der Waals surface area contributed by atoms with Gasteiger partial charge in [-0.3, -0.25) is 4.98 Å². The van der Waals surface area contributed by atoms with Crippen molar-refractivity contribution < 1.29 is 9.16 Å². The first kappa shape index (κ1) is 21.2. The fourth-order valence-corrected chi connectivity index (χ4v) is 7.16. The van der Waals surface area contributed by atoms with Crippen LogP contribution in [0.2, 0.25) is 28.2 Å². The molecule has 3 nitrogen and oxygen atoms in total. The summed E-state index contributed by atoms with van der Waals surface area (Å²) in [4.78, 5) is 4.11. The molecule has 0 bridgehead atoms. The highest BCUT2D eigenvalue weighted by molar-refractivity contribution is 6.73. The molecule has 0 saturated carbocycles. The summed E-state index contributed by atoms with van der Waals surface area (Å²) >= 11 is 12.9. The molecule has 2 heterocycles. The molecule has 1 fully saturated rings.